The molecule has 3 fully saturated rings. The first kappa shape index (κ1) is 22.4. The topological polar surface area (TPSA) is 70.1 Å². The van der Waals surface area contributed by atoms with Gasteiger partial charge in [-0.2, -0.15) is 13.2 Å². The smallest absolute Gasteiger partial charge is 0.490 e. The number of amides is 1. The third-order valence-corrected chi connectivity index (χ3v) is 6.12. The summed E-state index contributed by atoms with van der Waals surface area (Å²) in [5.41, 5.74) is 1.34. The Morgan fingerprint density at radius 3 is 2.10 bits per heavy atom. The summed E-state index contributed by atoms with van der Waals surface area (Å²) in [6.45, 7) is 5.32. The van der Waals surface area contributed by atoms with Crippen molar-refractivity contribution in [2.75, 3.05) is 33.3 Å². The number of halogens is 3. The quantitative estimate of drug-likeness (QED) is 0.781. The SMILES string of the molecule is COc1ccc(CN2C[C@@H]3C(CC(=O)N4CCCC4)[C@@H]3C2)cc1.O=C(O)C(F)(F)F. The minimum Gasteiger partial charge on any atom is -0.497 e. The van der Waals surface area contributed by atoms with Crippen molar-refractivity contribution < 1.29 is 32.6 Å². The molecule has 3 atom stereocenters. The Balaban J connectivity index is 0.000000318. The number of carboxylic acids is 1. The van der Waals surface area contributed by atoms with Crippen LogP contribution in [0.2, 0.25) is 0 Å². The zero-order chi connectivity index (χ0) is 21.9. The lowest BCUT2D eigenvalue weighted by atomic mass is 10.1. The highest BCUT2D eigenvalue weighted by Crippen LogP contribution is 2.54. The van der Waals surface area contributed by atoms with E-state index in [0.29, 0.717) is 11.8 Å². The molecule has 166 valence electrons. The van der Waals surface area contributed by atoms with Crippen LogP contribution in [0.5, 0.6) is 5.75 Å². The molecule has 1 saturated carbocycles. The van der Waals surface area contributed by atoms with E-state index in [0.717, 1.165) is 56.7 Å². The Kier molecular flexibility index (Phi) is 6.90. The van der Waals surface area contributed by atoms with Gasteiger partial charge in [-0.1, -0.05) is 12.1 Å². The van der Waals surface area contributed by atoms with Gasteiger partial charge < -0.3 is 14.7 Å². The predicted molar refractivity (Wildman–Crippen MR) is 103 cm³/mol. The third kappa shape index (κ3) is 5.65. The summed E-state index contributed by atoms with van der Waals surface area (Å²) < 4.78 is 36.9. The molecule has 4 rings (SSSR count). The number of aliphatic carboxylic acids is 1. The van der Waals surface area contributed by atoms with E-state index in [2.05, 4.69) is 21.9 Å². The van der Waals surface area contributed by atoms with Gasteiger partial charge in [-0.15, -0.1) is 0 Å². The van der Waals surface area contributed by atoms with Crippen LogP contribution in [-0.2, 0) is 16.1 Å². The van der Waals surface area contributed by atoms with E-state index in [4.69, 9.17) is 14.6 Å². The lowest BCUT2D eigenvalue weighted by Gasteiger charge is -2.20. The molecule has 2 saturated heterocycles. The number of ether oxygens (including phenoxy) is 1. The van der Waals surface area contributed by atoms with E-state index in [1.54, 1.807) is 7.11 Å². The number of piperidine rings is 1. The number of hydrogen-bond donors (Lipinski definition) is 1. The third-order valence-electron chi connectivity index (χ3n) is 6.12. The molecule has 0 radical (unpaired) electrons. The Morgan fingerprint density at radius 2 is 1.63 bits per heavy atom. The highest BCUT2D eigenvalue weighted by atomic mass is 19.4. The molecule has 1 aliphatic carbocycles. The molecule has 0 aromatic heterocycles. The van der Waals surface area contributed by atoms with Gasteiger partial charge in [0, 0.05) is 39.1 Å². The highest BCUT2D eigenvalue weighted by molar-refractivity contribution is 5.77. The van der Waals surface area contributed by atoms with Gasteiger partial charge in [-0.25, -0.2) is 4.79 Å². The molecule has 1 amide bonds. The van der Waals surface area contributed by atoms with Gasteiger partial charge in [0.15, 0.2) is 0 Å². The maximum Gasteiger partial charge on any atom is 0.490 e. The van der Waals surface area contributed by atoms with Crippen molar-refractivity contribution in [2.45, 2.75) is 32.0 Å². The zero-order valence-electron chi connectivity index (χ0n) is 16.9. The molecular formula is C21H27F3N2O4. The number of likely N-dealkylation sites (tertiary alicyclic amines) is 2. The predicted octanol–water partition coefficient (Wildman–Crippen LogP) is 3.02. The van der Waals surface area contributed by atoms with E-state index >= 15 is 0 Å². The molecule has 0 spiro atoms. The summed E-state index contributed by atoms with van der Waals surface area (Å²) in [5, 5.41) is 7.12. The summed E-state index contributed by atoms with van der Waals surface area (Å²) in [5.74, 6) is 0.754. The van der Waals surface area contributed by atoms with Gasteiger partial charge in [0.1, 0.15) is 5.75 Å². The maximum atomic E-state index is 12.3. The van der Waals surface area contributed by atoms with Crippen LogP contribution in [0.4, 0.5) is 13.2 Å². The van der Waals surface area contributed by atoms with Gasteiger partial charge in [-0.05, 0) is 48.3 Å². The van der Waals surface area contributed by atoms with E-state index in [9.17, 15) is 18.0 Å². The number of benzene rings is 1. The van der Waals surface area contributed by atoms with Crippen molar-refractivity contribution in [1.82, 2.24) is 9.80 Å². The van der Waals surface area contributed by atoms with Crippen molar-refractivity contribution in [3.63, 3.8) is 0 Å². The summed E-state index contributed by atoms with van der Waals surface area (Å²) in [6.07, 6.45) is -1.90. The van der Waals surface area contributed by atoms with Gasteiger partial charge in [-0.3, -0.25) is 9.69 Å². The Morgan fingerprint density at radius 1 is 1.10 bits per heavy atom. The number of fused-ring (bicyclic) bond motifs is 1. The van der Waals surface area contributed by atoms with Crippen molar-refractivity contribution >= 4 is 11.9 Å². The summed E-state index contributed by atoms with van der Waals surface area (Å²) in [7, 11) is 1.70. The van der Waals surface area contributed by atoms with Crippen LogP contribution in [0.25, 0.3) is 0 Å². The van der Waals surface area contributed by atoms with Crippen molar-refractivity contribution in [3.05, 3.63) is 29.8 Å². The van der Waals surface area contributed by atoms with Gasteiger partial charge >= 0.3 is 12.1 Å². The van der Waals surface area contributed by atoms with E-state index in [-0.39, 0.29) is 0 Å². The van der Waals surface area contributed by atoms with Crippen LogP contribution in [0, 0.1) is 17.8 Å². The number of alkyl halides is 3. The molecule has 3 aliphatic rings. The Bertz CT molecular complexity index is 736. The number of carbonyl (C=O) groups is 2. The maximum absolute atomic E-state index is 12.3. The summed E-state index contributed by atoms with van der Waals surface area (Å²) in [6, 6.07) is 8.36. The Labute approximate surface area is 173 Å². The van der Waals surface area contributed by atoms with Gasteiger partial charge in [0.05, 0.1) is 7.11 Å². The van der Waals surface area contributed by atoms with Crippen molar-refractivity contribution in [2.24, 2.45) is 17.8 Å². The molecule has 2 aliphatic heterocycles. The second-order valence-electron chi connectivity index (χ2n) is 8.13. The number of carboxylic acid groups (broad SMARTS) is 1. The van der Waals surface area contributed by atoms with Crippen LogP contribution in [0.1, 0.15) is 24.8 Å². The molecule has 1 N–H and O–H groups in total. The minimum atomic E-state index is -5.08. The average Bonchev–Trinajstić information content (AvgIpc) is 3.13. The zero-order valence-corrected chi connectivity index (χ0v) is 16.9. The van der Waals surface area contributed by atoms with Crippen LogP contribution < -0.4 is 4.74 Å². The van der Waals surface area contributed by atoms with E-state index in [1.165, 1.54) is 18.4 Å². The number of rotatable bonds is 5. The number of hydrogen-bond acceptors (Lipinski definition) is 4. The van der Waals surface area contributed by atoms with E-state index < -0.39 is 12.1 Å². The first-order chi connectivity index (χ1) is 14.2. The van der Waals surface area contributed by atoms with Crippen molar-refractivity contribution in [1.29, 1.82) is 0 Å². The standard InChI is InChI=1S/C19H26N2O2.C2HF3O2/c1-23-15-6-4-14(5-7-15)11-20-12-17-16(18(17)13-20)10-19(22)21-8-2-3-9-21;3-2(4,5)1(6)7/h4-7,16-18H,2-3,8-13H2,1H3;(H,6,7)/t16?,17-,18+;. The first-order valence-corrected chi connectivity index (χ1v) is 10.1. The Hall–Kier alpha value is -2.29. The second-order valence-corrected chi connectivity index (χ2v) is 8.13. The second kappa shape index (κ2) is 9.24. The van der Waals surface area contributed by atoms with Crippen molar-refractivity contribution in [3.8, 4) is 5.75 Å². The fraction of sp³-hybridized carbons (Fsp3) is 0.619. The molecule has 1 unspecified atom stereocenters. The highest BCUT2D eigenvalue weighted by Gasteiger charge is 2.55. The number of carbonyl (C=O) groups excluding carboxylic acids is 1. The van der Waals surface area contributed by atoms with Crippen LogP contribution in [-0.4, -0.2) is 66.2 Å². The fourth-order valence-electron chi connectivity index (χ4n) is 4.46. The normalized spacial score (nSPS) is 25.3. The monoisotopic (exact) mass is 428 g/mol. The molecular weight excluding hydrogens is 401 g/mol. The molecule has 2 heterocycles. The fourth-order valence-corrected chi connectivity index (χ4v) is 4.46. The van der Waals surface area contributed by atoms with Crippen LogP contribution >= 0.6 is 0 Å². The van der Waals surface area contributed by atoms with E-state index in [1.807, 2.05) is 12.1 Å². The molecule has 1 aromatic carbocycles. The lowest BCUT2D eigenvalue weighted by molar-refractivity contribution is -0.192. The summed E-state index contributed by atoms with van der Waals surface area (Å²) >= 11 is 0. The number of nitrogens with zero attached hydrogens (tertiary/aromatic N) is 2. The molecule has 9 heteroatoms. The van der Waals surface area contributed by atoms with Crippen LogP contribution in [0.3, 0.4) is 0 Å². The largest absolute Gasteiger partial charge is 0.497 e. The molecule has 0 bridgehead atoms. The van der Waals surface area contributed by atoms with Gasteiger partial charge in [0.25, 0.3) is 0 Å². The molecule has 1 aromatic rings. The average molecular weight is 428 g/mol. The van der Waals surface area contributed by atoms with Gasteiger partial charge in [0.2, 0.25) is 5.91 Å². The minimum absolute atomic E-state index is 0.406. The summed E-state index contributed by atoms with van der Waals surface area (Å²) in [4.78, 5) is 25.8. The van der Waals surface area contributed by atoms with Crippen LogP contribution in [0.15, 0.2) is 24.3 Å². The first-order valence-electron chi connectivity index (χ1n) is 10.1. The molecule has 6 nitrogen and oxygen atoms in total. The number of methoxy groups -OCH3 is 1. The molecule has 30 heavy (non-hydrogen) atoms. The lowest BCUT2D eigenvalue weighted by Crippen LogP contribution is -2.30.